The molecule has 0 bridgehead atoms. The summed E-state index contributed by atoms with van der Waals surface area (Å²) in [6, 6.07) is 10.3. The fraction of sp³-hybridized carbons (Fsp3) is 0.176. The van der Waals surface area contributed by atoms with E-state index in [1.165, 1.54) is 6.07 Å². The molecule has 2 aromatic rings. The summed E-state index contributed by atoms with van der Waals surface area (Å²) < 4.78 is 20.5. The molecule has 0 unspecified atom stereocenters. The molecule has 116 valence electrons. The average Bonchev–Trinajstić information content (AvgIpc) is 2.49. The van der Waals surface area contributed by atoms with Gasteiger partial charge in [-0.3, -0.25) is 0 Å². The summed E-state index contributed by atoms with van der Waals surface area (Å²) >= 11 is 9.45. The Morgan fingerprint density at radius 2 is 2.14 bits per heavy atom. The van der Waals surface area contributed by atoms with Gasteiger partial charge in [-0.05, 0) is 30.3 Å². The molecule has 0 aliphatic carbocycles. The van der Waals surface area contributed by atoms with Crippen LogP contribution in [0.25, 0.3) is 0 Å². The van der Waals surface area contributed by atoms with Gasteiger partial charge in [-0.15, -0.1) is 6.58 Å². The van der Waals surface area contributed by atoms with Crippen molar-refractivity contribution in [3.63, 3.8) is 0 Å². The van der Waals surface area contributed by atoms with Gasteiger partial charge in [0.05, 0.1) is 5.02 Å². The van der Waals surface area contributed by atoms with E-state index in [0.29, 0.717) is 29.4 Å². The SMILES string of the molecule is C=CCNCc1cc(Br)ccc1OCc1c(F)cccc1Cl. The molecule has 2 aromatic carbocycles. The zero-order chi connectivity index (χ0) is 15.9. The maximum atomic E-state index is 13.8. The van der Waals surface area contributed by atoms with Crippen LogP contribution in [0.1, 0.15) is 11.1 Å². The van der Waals surface area contributed by atoms with Crippen molar-refractivity contribution >= 4 is 27.5 Å². The Morgan fingerprint density at radius 1 is 1.32 bits per heavy atom. The Hall–Kier alpha value is -1.36. The first kappa shape index (κ1) is 17.0. The lowest BCUT2D eigenvalue weighted by Gasteiger charge is -2.13. The molecule has 0 spiro atoms. The molecule has 22 heavy (non-hydrogen) atoms. The van der Waals surface area contributed by atoms with Crippen molar-refractivity contribution in [1.29, 1.82) is 0 Å². The first-order valence-electron chi connectivity index (χ1n) is 6.77. The smallest absolute Gasteiger partial charge is 0.131 e. The lowest BCUT2D eigenvalue weighted by Crippen LogP contribution is -2.13. The van der Waals surface area contributed by atoms with Gasteiger partial charge in [0.1, 0.15) is 18.2 Å². The Bertz CT molecular complexity index is 643. The van der Waals surface area contributed by atoms with Crippen molar-refractivity contribution in [2.24, 2.45) is 0 Å². The third-order valence-electron chi connectivity index (χ3n) is 3.06. The molecule has 0 aliphatic heterocycles. The van der Waals surface area contributed by atoms with Crippen LogP contribution in [0, 0.1) is 5.82 Å². The molecule has 0 atom stereocenters. The average molecular weight is 385 g/mol. The van der Waals surface area contributed by atoms with E-state index in [9.17, 15) is 4.39 Å². The van der Waals surface area contributed by atoms with Gasteiger partial charge in [0, 0.05) is 28.7 Å². The number of ether oxygens (including phenoxy) is 1. The van der Waals surface area contributed by atoms with Gasteiger partial charge < -0.3 is 10.1 Å². The quantitative estimate of drug-likeness (QED) is 0.530. The second-order valence-electron chi connectivity index (χ2n) is 4.66. The van der Waals surface area contributed by atoms with Crippen LogP contribution in [0.4, 0.5) is 4.39 Å². The van der Waals surface area contributed by atoms with E-state index in [1.54, 1.807) is 18.2 Å². The number of rotatable bonds is 7. The zero-order valence-corrected chi connectivity index (χ0v) is 14.3. The summed E-state index contributed by atoms with van der Waals surface area (Å²) in [5.74, 6) is 0.329. The molecule has 0 saturated heterocycles. The summed E-state index contributed by atoms with van der Waals surface area (Å²) in [5, 5.41) is 3.59. The summed E-state index contributed by atoms with van der Waals surface area (Å²) in [6.45, 7) is 5.08. The first-order chi connectivity index (χ1) is 10.6. The van der Waals surface area contributed by atoms with E-state index < -0.39 is 0 Å². The predicted molar refractivity (Wildman–Crippen MR) is 91.8 cm³/mol. The Kier molecular flexibility index (Phi) is 6.43. The minimum absolute atomic E-state index is 0.0849. The molecule has 0 aromatic heterocycles. The molecular weight excluding hydrogens is 369 g/mol. The van der Waals surface area contributed by atoms with E-state index in [0.717, 1.165) is 10.0 Å². The summed E-state index contributed by atoms with van der Waals surface area (Å²) in [5.41, 5.74) is 1.33. The molecule has 0 radical (unpaired) electrons. The van der Waals surface area contributed by atoms with E-state index in [-0.39, 0.29) is 12.4 Å². The van der Waals surface area contributed by atoms with Crippen molar-refractivity contribution in [2.75, 3.05) is 6.54 Å². The van der Waals surface area contributed by atoms with Gasteiger partial charge in [-0.1, -0.05) is 39.7 Å². The van der Waals surface area contributed by atoms with Crippen molar-refractivity contribution in [3.8, 4) is 5.75 Å². The third-order valence-corrected chi connectivity index (χ3v) is 3.91. The maximum absolute atomic E-state index is 13.8. The van der Waals surface area contributed by atoms with Gasteiger partial charge in [0.2, 0.25) is 0 Å². The van der Waals surface area contributed by atoms with E-state index in [1.807, 2.05) is 18.2 Å². The third kappa shape index (κ3) is 4.57. The van der Waals surface area contributed by atoms with Crippen LogP contribution in [0.2, 0.25) is 5.02 Å². The Morgan fingerprint density at radius 3 is 2.86 bits per heavy atom. The summed E-state index contributed by atoms with van der Waals surface area (Å²) in [4.78, 5) is 0. The molecule has 0 fully saturated rings. The number of hydrogen-bond donors (Lipinski definition) is 1. The van der Waals surface area contributed by atoms with Crippen molar-refractivity contribution in [1.82, 2.24) is 5.32 Å². The summed E-state index contributed by atoms with van der Waals surface area (Å²) in [7, 11) is 0. The maximum Gasteiger partial charge on any atom is 0.131 e. The predicted octanol–water partition coefficient (Wildman–Crippen LogP) is 5.10. The highest BCUT2D eigenvalue weighted by molar-refractivity contribution is 9.10. The van der Waals surface area contributed by atoms with Crippen LogP contribution >= 0.6 is 27.5 Å². The van der Waals surface area contributed by atoms with E-state index >= 15 is 0 Å². The normalized spacial score (nSPS) is 10.5. The van der Waals surface area contributed by atoms with Crippen LogP contribution in [-0.4, -0.2) is 6.54 Å². The highest BCUT2D eigenvalue weighted by atomic mass is 79.9. The molecule has 2 rings (SSSR count). The van der Waals surface area contributed by atoms with E-state index in [4.69, 9.17) is 16.3 Å². The Balaban J connectivity index is 2.13. The Labute approximate surface area is 143 Å². The number of halogens is 3. The van der Waals surface area contributed by atoms with Crippen molar-refractivity contribution < 1.29 is 9.13 Å². The zero-order valence-electron chi connectivity index (χ0n) is 11.9. The van der Waals surface area contributed by atoms with Gasteiger partial charge >= 0.3 is 0 Å². The van der Waals surface area contributed by atoms with Crippen molar-refractivity contribution in [2.45, 2.75) is 13.2 Å². The molecule has 5 heteroatoms. The largest absolute Gasteiger partial charge is 0.488 e. The molecule has 0 heterocycles. The monoisotopic (exact) mass is 383 g/mol. The van der Waals surface area contributed by atoms with Gasteiger partial charge in [0.25, 0.3) is 0 Å². The number of nitrogens with one attached hydrogen (secondary N) is 1. The van der Waals surface area contributed by atoms with Crippen molar-refractivity contribution in [3.05, 3.63) is 75.5 Å². The molecule has 0 aliphatic rings. The highest BCUT2D eigenvalue weighted by Crippen LogP contribution is 2.26. The summed E-state index contributed by atoms with van der Waals surface area (Å²) in [6.07, 6.45) is 1.79. The van der Waals surface area contributed by atoms with Gasteiger partial charge in [-0.25, -0.2) is 4.39 Å². The van der Waals surface area contributed by atoms with Gasteiger partial charge in [0.15, 0.2) is 0 Å². The van der Waals surface area contributed by atoms with Crippen LogP contribution in [0.3, 0.4) is 0 Å². The second-order valence-corrected chi connectivity index (χ2v) is 5.98. The molecule has 1 N–H and O–H groups in total. The first-order valence-corrected chi connectivity index (χ1v) is 7.94. The van der Waals surface area contributed by atoms with E-state index in [2.05, 4.69) is 27.8 Å². The molecule has 2 nitrogen and oxygen atoms in total. The topological polar surface area (TPSA) is 21.3 Å². The van der Waals surface area contributed by atoms with Crippen LogP contribution in [0.5, 0.6) is 5.75 Å². The highest BCUT2D eigenvalue weighted by Gasteiger charge is 2.10. The molecule has 0 amide bonds. The lowest BCUT2D eigenvalue weighted by atomic mass is 10.2. The molecular formula is C17H16BrClFNO. The number of hydrogen-bond acceptors (Lipinski definition) is 2. The second kappa shape index (κ2) is 8.32. The van der Waals surface area contributed by atoms with Gasteiger partial charge in [-0.2, -0.15) is 0 Å². The fourth-order valence-electron chi connectivity index (χ4n) is 1.96. The van der Waals surface area contributed by atoms with Crippen LogP contribution in [0.15, 0.2) is 53.5 Å². The number of benzene rings is 2. The fourth-order valence-corrected chi connectivity index (χ4v) is 2.58. The van der Waals surface area contributed by atoms with Crippen LogP contribution in [-0.2, 0) is 13.2 Å². The van der Waals surface area contributed by atoms with Crippen LogP contribution < -0.4 is 10.1 Å². The standard InChI is InChI=1S/C17H16BrClFNO/c1-2-8-21-10-12-9-13(18)6-7-17(12)22-11-14-15(19)4-3-5-16(14)20/h2-7,9,21H,1,8,10-11H2. The minimum Gasteiger partial charge on any atom is -0.488 e. The minimum atomic E-state index is -0.365. The molecule has 0 saturated carbocycles. The lowest BCUT2D eigenvalue weighted by molar-refractivity contribution is 0.296.